The maximum atomic E-state index is 2.36. The number of hydrogen-bond donors (Lipinski definition) is 0. The largest absolute Gasteiger partial charge is 0.0622 e. The maximum absolute atomic E-state index is 2.36. The second-order valence-corrected chi connectivity index (χ2v) is 9.00. The van der Waals surface area contributed by atoms with Crippen molar-refractivity contribution in [1.82, 2.24) is 0 Å². The molecule has 1 aliphatic rings. The van der Waals surface area contributed by atoms with E-state index >= 15 is 0 Å². The van der Waals surface area contributed by atoms with E-state index in [0.717, 1.165) is 0 Å². The van der Waals surface area contributed by atoms with Gasteiger partial charge in [0.15, 0.2) is 0 Å². The Hall–Kier alpha value is -4.42. The molecule has 6 aromatic rings. The van der Waals surface area contributed by atoms with Gasteiger partial charge in [-0.2, -0.15) is 0 Å². The molecule has 0 N–H and O–H groups in total. The van der Waals surface area contributed by atoms with Crippen molar-refractivity contribution < 1.29 is 0 Å². The monoisotopic (exact) mass is 430 g/mol. The lowest BCUT2D eigenvalue weighted by Gasteiger charge is -2.13. The van der Waals surface area contributed by atoms with Crippen LogP contribution in [-0.2, 0) is 0 Å². The Bertz CT molecular complexity index is 1750. The van der Waals surface area contributed by atoms with E-state index in [1.165, 1.54) is 65.7 Å². The van der Waals surface area contributed by atoms with Gasteiger partial charge >= 0.3 is 0 Å². The molecule has 0 saturated heterocycles. The van der Waals surface area contributed by atoms with E-state index in [2.05, 4.69) is 133 Å². The highest BCUT2D eigenvalue weighted by atomic mass is 14.2. The van der Waals surface area contributed by atoms with Crippen LogP contribution in [0.3, 0.4) is 0 Å². The van der Waals surface area contributed by atoms with E-state index in [4.69, 9.17) is 0 Å². The Morgan fingerprint density at radius 2 is 1.06 bits per heavy atom. The molecule has 0 radical (unpaired) electrons. The molecule has 0 aromatic heterocycles. The maximum Gasteiger partial charge on any atom is -0.00208 e. The molecule has 0 nitrogen and oxygen atoms in total. The fourth-order valence-electron chi connectivity index (χ4n) is 5.36. The van der Waals surface area contributed by atoms with Gasteiger partial charge < -0.3 is 0 Å². The Labute approximate surface area is 199 Å². The second-order valence-electron chi connectivity index (χ2n) is 9.00. The van der Waals surface area contributed by atoms with E-state index < -0.39 is 0 Å². The number of hydrogen-bond acceptors (Lipinski definition) is 0. The summed E-state index contributed by atoms with van der Waals surface area (Å²) in [5, 5.41) is 7.94. The van der Waals surface area contributed by atoms with Gasteiger partial charge in [-0.25, -0.2) is 0 Å². The molecule has 0 saturated carbocycles. The van der Waals surface area contributed by atoms with Crippen molar-refractivity contribution in [2.45, 2.75) is 0 Å². The van der Waals surface area contributed by atoms with Gasteiger partial charge in [-0.3, -0.25) is 0 Å². The van der Waals surface area contributed by atoms with Crippen molar-refractivity contribution in [2.75, 3.05) is 0 Å². The molecule has 0 aliphatic heterocycles. The fourth-order valence-corrected chi connectivity index (χ4v) is 5.36. The normalized spacial score (nSPS) is 14.9. The first-order chi connectivity index (χ1) is 16.8. The van der Waals surface area contributed by atoms with Gasteiger partial charge in [0.05, 0.1) is 0 Å². The van der Waals surface area contributed by atoms with E-state index in [-0.39, 0.29) is 0 Å². The summed E-state index contributed by atoms with van der Waals surface area (Å²) in [5.74, 6) is 0. The molecule has 0 heteroatoms. The van der Waals surface area contributed by atoms with Gasteiger partial charge in [0.25, 0.3) is 0 Å². The summed E-state index contributed by atoms with van der Waals surface area (Å²) < 4.78 is 0. The first-order valence-corrected chi connectivity index (χ1v) is 11.8. The lowest BCUT2D eigenvalue weighted by Crippen LogP contribution is -1.88. The Kier molecular flexibility index (Phi) is 4.25. The van der Waals surface area contributed by atoms with Crippen molar-refractivity contribution in [1.29, 1.82) is 0 Å². The Balaban J connectivity index is 1.47. The first-order valence-electron chi connectivity index (χ1n) is 11.8. The lowest BCUT2D eigenvalue weighted by molar-refractivity contribution is 1.60. The predicted octanol–water partition coefficient (Wildman–Crippen LogP) is 9.15. The summed E-state index contributed by atoms with van der Waals surface area (Å²) in [7, 11) is 0. The fraction of sp³-hybridized carbons (Fsp3) is 0. The minimum Gasteiger partial charge on any atom is -0.0622 e. The van der Waals surface area contributed by atoms with Gasteiger partial charge in [-0.1, -0.05) is 115 Å². The summed E-state index contributed by atoms with van der Waals surface area (Å²) in [6.45, 7) is 0. The molecule has 0 atom stereocenters. The summed E-state index contributed by atoms with van der Waals surface area (Å²) in [5.41, 5.74) is 7.52. The SMILES string of the molecule is C1=C(c2ccccc2)C=C(c2ccccc2)/C1=C/c1ccc2ccc3cccc4ccc1c2c34. The first kappa shape index (κ1) is 19.1. The van der Waals surface area contributed by atoms with Crippen LogP contribution in [0.4, 0.5) is 0 Å². The molecule has 0 spiro atoms. The third kappa shape index (κ3) is 3.00. The third-order valence-corrected chi connectivity index (χ3v) is 6.99. The Morgan fingerprint density at radius 1 is 0.441 bits per heavy atom. The standard InChI is InChI=1S/C34H22/c1-3-8-23(9-4-1)29-21-30(32(22-29)24-10-5-2-6-11-24)20-28-17-16-27-15-14-25-12-7-13-26-18-19-31(28)34(27)33(25)26/h1-22H/b30-20+. The highest BCUT2D eigenvalue weighted by Gasteiger charge is 2.17. The second kappa shape index (κ2) is 7.57. The molecule has 158 valence electrons. The van der Waals surface area contributed by atoms with E-state index in [1.54, 1.807) is 0 Å². The van der Waals surface area contributed by atoms with Crippen LogP contribution in [0.25, 0.3) is 49.5 Å². The topological polar surface area (TPSA) is 0 Å². The van der Waals surface area contributed by atoms with E-state index in [9.17, 15) is 0 Å². The van der Waals surface area contributed by atoms with Crippen LogP contribution in [0, 0.1) is 0 Å². The van der Waals surface area contributed by atoms with Crippen LogP contribution in [-0.4, -0.2) is 0 Å². The third-order valence-electron chi connectivity index (χ3n) is 6.99. The molecule has 0 fully saturated rings. The molecule has 0 unspecified atom stereocenters. The molecule has 0 bridgehead atoms. The van der Waals surface area contributed by atoms with Gasteiger partial charge in [0.2, 0.25) is 0 Å². The minimum atomic E-state index is 1.24. The average Bonchev–Trinajstić information content (AvgIpc) is 3.33. The lowest BCUT2D eigenvalue weighted by atomic mass is 9.90. The molecule has 0 heterocycles. The molecule has 1 aliphatic carbocycles. The van der Waals surface area contributed by atoms with Crippen LogP contribution >= 0.6 is 0 Å². The number of allylic oxidation sites excluding steroid dienone is 5. The van der Waals surface area contributed by atoms with Crippen LogP contribution in [0.1, 0.15) is 16.7 Å². The van der Waals surface area contributed by atoms with Gasteiger partial charge in [-0.05, 0) is 84.0 Å². The van der Waals surface area contributed by atoms with Crippen molar-refractivity contribution in [2.24, 2.45) is 0 Å². The predicted molar refractivity (Wildman–Crippen MR) is 147 cm³/mol. The molecule has 6 aromatic carbocycles. The van der Waals surface area contributed by atoms with Crippen molar-refractivity contribution in [3.63, 3.8) is 0 Å². The summed E-state index contributed by atoms with van der Waals surface area (Å²) >= 11 is 0. The average molecular weight is 431 g/mol. The van der Waals surface area contributed by atoms with Gasteiger partial charge in [0, 0.05) is 0 Å². The minimum absolute atomic E-state index is 1.24. The van der Waals surface area contributed by atoms with E-state index in [1.807, 2.05) is 0 Å². The molecule has 0 amide bonds. The smallest absolute Gasteiger partial charge is 0.00208 e. The van der Waals surface area contributed by atoms with Crippen LogP contribution in [0.5, 0.6) is 0 Å². The Morgan fingerprint density at radius 3 is 1.79 bits per heavy atom. The van der Waals surface area contributed by atoms with E-state index in [0.29, 0.717) is 0 Å². The van der Waals surface area contributed by atoms with Crippen LogP contribution in [0.2, 0.25) is 0 Å². The summed E-state index contributed by atoms with van der Waals surface area (Å²) in [4.78, 5) is 0. The quantitative estimate of drug-likeness (QED) is 0.246. The van der Waals surface area contributed by atoms with Crippen molar-refractivity contribution in [3.05, 3.63) is 150 Å². The number of benzene rings is 6. The zero-order chi connectivity index (χ0) is 22.5. The number of rotatable bonds is 3. The zero-order valence-electron chi connectivity index (χ0n) is 18.7. The van der Waals surface area contributed by atoms with Gasteiger partial charge in [-0.15, -0.1) is 0 Å². The van der Waals surface area contributed by atoms with Crippen LogP contribution < -0.4 is 0 Å². The molecule has 34 heavy (non-hydrogen) atoms. The van der Waals surface area contributed by atoms with Crippen molar-refractivity contribution in [3.8, 4) is 0 Å². The summed E-state index contributed by atoms with van der Waals surface area (Å²) in [6.07, 6.45) is 7.02. The highest BCUT2D eigenvalue weighted by molar-refractivity contribution is 6.24. The molecular weight excluding hydrogens is 408 g/mol. The molecule has 7 rings (SSSR count). The van der Waals surface area contributed by atoms with Crippen molar-refractivity contribution >= 4 is 49.5 Å². The highest BCUT2D eigenvalue weighted by Crippen LogP contribution is 2.40. The van der Waals surface area contributed by atoms with Crippen LogP contribution in [0.15, 0.2) is 133 Å². The molecular formula is C34H22. The summed E-state index contributed by atoms with van der Waals surface area (Å²) in [6, 6.07) is 41.5. The van der Waals surface area contributed by atoms with Gasteiger partial charge in [0.1, 0.15) is 0 Å². The zero-order valence-corrected chi connectivity index (χ0v) is 18.7.